The van der Waals surface area contributed by atoms with Crippen molar-refractivity contribution in [2.45, 2.75) is 11.8 Å². The molecule has 0 amide bonds. The average Bonchev–Trinajstić information content (AvgIpc) is 3.10. The third-order valence-corrected chi connectivity index (χ3v) is 5.32. The van der Waals surface area contributed by atoms with Crippen LogP contribution in [0.5, 0.6) is 0 Å². The number of nitrogens with two attached hydrogens (primary N) is 1. The van der Waals surface area contributed by atoms with E-state index >= 15 is 0 Å². The topological polar surface area (TPSA) is 104 Å². The highest BCUT2D eigenvalue weighted by Gasteiger charge is 2.93. The number of hydrogen-bond donors (Lipinski definition) is 1. The molecule has 1 aromatic carbocycles. The number of rotatable bonds is 3. The van der Waals surface area contributed by atoms with E-state index in [1.807, 2.05) is 0 Å². The summed E-state index contributed by atoms with van der Waals surface area (Å²) in [5.74, 6) is -2.29. The minimum Gasteiger partial charge on any atom is -0.386 e. The second-order valence-corrected chi connectivity index (χ2v) is 6.27. The molecule has 2 aliphatic rings. The molecule has 118 valence electrons. The molecule has 1 heterocycles. The van der Waals surface area contributed by atoms with Crippen molar-refractivity contribution in [2.75, 3.05) is 14.2 Å². The van der Waals surface area contributed by atoms with E-state index < -0.39 is 22.7 Å². The Morgan fingerprint density at radius 3 is 2.35 bits per heavy atom. The lowest BCUT2D eigenvalue weighted by Gasteiger charge is -2.29. The van der Waals surface area contributed by atoms with Gasteiger partial charge in [-0.3, -0.25) is 0 Å². The van der Waals surface area contributed by atoms with E-state index in [4.69, 9.17) is 38.4 Å². The minimum atomic E-state index is -1.66. The Bertz CT molecular complexity index is 809. The van der Waals surface area contributed by atoms with E-state index in [0.717, 1.165) is 0 Å². The maximum atomic E-state index is 9.90. The number of halogens is 2. The molecule has 0 radical (unpaired) electrons. The summed E-state index contributed by atoms with van der Waals surface area (Å²) in [4.78, 5) is 4.13. The van der Waals surface area contributed by atoms with Crippen molar-refractivity contribution >= 4 is 29.0 Å². The van der Waals surface area contributed by atoms with Crippen LogP contribution in [0.25, 0.3) is 0 Å². The minimum absolute atomic E-state index is 0.00117. The zero-order valence-corrected chi connectivity index (χ0v) is 13.8. The number of hydrogen-bond acceptors (Lipinski definition) is 6. The van der Waals surface area contributed by atoms with Crippen molar-refractivity contribution in [1.29, 1.82) is 10.5 Å². The largest absolute Gasteiger partial charge is 0.386 e. The first kappa shape index (κ1) is 16.0. The second kappa shape index (κ2) is 4.83. The smallest absolute Gasteiger partial charge is 0.292 e. The van der Waals surface area contributed by atoms with Crippen LogP contribution in [-0.2, 0) is 9.47 Å². The second-order valence-electron chi connectivity index (χ2n) is 5.43. The van der Waals surface area contributed by atoms with Crippen LogP contribution in [0.3, 0.4) is 0 Å². The number of methoxy groups -OCH3 is 2. The van der Waals surface area contributed by atoms with Crippen LogP contribution in [0.2, 0.25) is 10.0 Å². The van der Waals surface area contributed by atoms with Crippen LogP contribution < -0.4 is 5.73 Å². The van der Waals surface area contributed by atoms with Crippen LogP contribution in [-0.4, -0.2) is 26.0 Å². The first-order valence-corrected chi connectivity index (χ1v) is 7.40. The lowest BCUT2D eigenvalue weighted by molar-refractivity contribution is -0.230. The van der Waals surface area contributed by atoms with Gasteiger partial charge in [0.1, 0.15) is 11.3 Å². The Hall–Kier alpha value is -1.83. The van der Waals surface area contributed by atoms with Gasteiger partial charge in [-0.15, -0.1) is 0 Å². The highest BCUT2D eigenvalue weighted by Crippen LogP contribution is 2.82. The number of nitriles is 2. The highest BCUT2D eigenvalue weighted by atomic mass is 35.5. The summed E-state index contributed by atoms with van der Waals surface area (Å²) in [7, 11) is 2.71. The lowest BCUT2D eigenvalue weighted by atomic mass is 9.93. The maximum absolute atomic E-state index is 9.90. The molecule has 1 fully saturated rings. The summed E-state index contributed by atoms with van der Waals surface area (Å²) < 4.78 is 10.8. The number of aliphatic imine (C=N–C) groups is 1. The quantitative estimate of drug-likeness (QED) is 0.842. The monoisotopic (exact) mass is 350 g/mol. The molecule has 0 aromatic heterocycles. The molecule has 0 unspecified atom stereocenters. The van der Waals surface area contributed by atoms with Crippen LogP contribution in [0.4, 0.5) is 0 Å². The molecule has 0 saturated heterocycles. The third kappa shape index (κ3) is 1.52. The molecule has 0 spiro atoms. The van der Waals surface area contributed by atoms with Gasteiger partial charge in [0.15, 0.2) is 5.41 Å². The van der Waals surface area contributed by atoms with E-state index in [1.165, 1.54) is 14.2 Å². The molecule has 1 aliphatic heterocycles. The van der Waals surface area contributed by atoms with Gasteiger partial charge in [0.2, 0.25) is 0 Å². The Balaban J connectivity index is 2.28. The predicted octanol–water partition coefficient (Wildman–Crippen LogP) is 2.43. The molecular weight excluding hydrogens is 339 g/mol. The predicted molar refractivity (Wildman–Crippen MR) is 83.7 cm³/mol. The van der Waals surface area contributed by atoms with Crippen molar-refractivity contribution in [3.8, 4) is 12.1 Å². The van der Waals surface area contributed by atoms with Crippen LogP contribution in [0.1, 0.15) is 11.5 Å². The zero-order chi connectivity index (χ0) is 17.0. The van der Waals surface area contributed by atoms with Gasteiger partial charge in [-0.05, 0) is 17.7 Å². The number of nitrogens with zero attached hydrogens (tertiary/aromatic N) is 3. The maximum Gasteiger partial charge on any atom is 0.292 e. The van der Waals surface area contributed by atoms with E-state index in [9.17, 15) is 10.5 Å². The number of fused-ring (bicyclic) bond motifs is 1. The molecule has 6 nitrogen and oxygen atoms in total. The number of benzene rings is 1. The number of ether oxygens (including phenoxy) is 2. The van der Waals surface area contributed by atoms with Gasteiger partial charge in [-0.2, -0.15) is 10.5 Å². The lowest BCUT2D eigenvalue weighted by Crippen LogP contribution is -2.41. The molecule has 1 aromatic rings. The summed E-state index contributed by atoms with van der Waals surface area (Å²) in [6.07, 6.45) is 0. The van der Waals surface area contributed by atoms with Gasteiger partial charge in [-0.1, -0.05) is 29.3 Å². The van der Waals surface area contributed by atoms with Gasteiger partial charge in [0, 0.05) is 30.2 Å². The van der Waals surface area contributed by atoms with E-state index in [0.29, 0.717) is 15.6 Å². The Morgan fingerprint density at radius 2 is 1.87 bits per heavy atom. The Kier molecular flexibility index (Phi) is 3.37. The van der Waals surface area contributed by atoms with Gasteiger partial charge in [0.25, 0.3) is 5.91 Å². The van der Waals surface area contributed by atoms with E-state index in [-0.39, 0.29) is 5.84 Å². The molecule has 3 atom stereocenters. The summed E-state index contributed by atoms with van der Waals surface area (Å²) in [5.41, 5.74) is 3.81. The van der Waals surface area contributed by atoms with E-state index in [2.05, 4.69) is 17.1 Å². The van der Waals surface area contributed by atoms with Crippen molar-refractivity contribution in [3.63, 3.8) is 0 Å². The summed E-state index contributed by atoms with van der Waals surface area (Å²) in [6.45, 7) is 0. The van der Waals surface area contributed by atoms with Crippen LogP contribution in [0.15, 0.2) is 23.2 Å². The normalized spacial score (nSPS) is 33.3. The van der Waals surface area contributed by atoms with Gasteiger partial charge in [-0.25, -0.2) is 4.99 Å². The first-order chi connectivity index (χ1) is 10.9. The first-order valence-electron chi connectivity index (χ1n) is 6.64. The summed E-state index contributed by atoms with van der Waals surface area (Å²) in [6, 6.07) is 9.17. The average molecular weight is 351 g/mol. The molecular formula is C15H12Cl2N4O2. The van der Waals surface area contributed by atoms with Gasteiger partial charge >= 0.3 is 0 Å². The van der Waals surface area contributed by atoms with Crippen molar-refractivity contribution in [1.82, 2.24) is 0 Å². The molecule has 0 bridgehead atoms. The fourth-order valence-corrected chi connectivity index (χ4v) is 4.24. The molecule has 1 saturated carbocycles. The van der Waals surface area contributed by atoms with Crippen LogP contribution in [0, 0.1) is 33.5 Å². The Labute approximate surface area is 143 Å². The molecule has 2 N–H and O–H groups in total. The van der Waals surface area contributed by atoms with Crippen LogP contribution >= 0.6 is 23.2 Å². The van der Waals surface area contributed by atoms with Crippen molar-refractivity contribution in [3.05, 3.63) is 33.8 Å². The Morgan fingerprint density at radius 1 is 1.22 bits per heavy atom. The fourth-order valence-electron chi connectivity index (χ4n) is 3.72. The van der Waals surface area contributed by atoms with Crippen molar-refractivity contribution in [2.24, 2.45) is 21.6 Å². The van der Waals surface area contributed by atoms with Gasteiger partial charge < -0.3 is 15.2 Å². The standard InChI is InChI=1S/C15H12Cl2N4O2/c1-22-15(23-2)14(7-19)11(13(14,6-18)12(20)21-15)9-4-3-8(16)5-10(9)17/h3-5,11H,1-2H3,(H2,20,21)/t11-,13-,14+/m1/s1. The molecule has 23 heavy (non-hydrogen) atoms. The molecule has 8 heteroatoms. The zero-order valence-electron chi connectivity index (χ0n) is 12.3. The highest BCUT2D eigenvalue weighted by molar-refractivity contribution is 6.35. The SMILES string of the molecule is COC1(OC)N=C(N)[C@@]2(C#N)[C@@H](c3ccc(Cl)cc3Cl)[C@]12C#N. The van der Waals surface area contributed by atoms with Crippen molar-refractivity contribution < 1.29 is 9.47 Å². The summed E-state index contributed by atoms with van der Waals surface area (Å²) in [5, 5.41) is 20.5. The molecule has 3 rings (SSSR count). The molecule has 1 aliphatic carbocycles. The fraction of sp³-hybridized carbons (Fsp3) is 0.400. The van der Waals surface area contributed by atoms with Gasteiger partial charge in [0.05, 0.1) is 12.1 Å². The summed E-state index contributed by atoms with van der Waals surface area (Å²) >= 11 is 12.2. The number of amidine groups is 1. The van der Waals surface area contributed by atoms with E-state index in [1.54, 1.807) is 18.2 Å². The third-order valence-electron chi connectivity index (χ3n) is 4.75.